The standard InChI is InChI=1S/C16H25N3/c1-18-10-4-5-14(12-18)19-11-13(8-9-17)15-6-2-3-7-16(15)19/h2-3,6-7,13-14H,4-5,8-12,17H2,1H3. The van der Waals surface area contributed by atoms with Crippen LogP contribution < -0.4 is 10.6 Å². The second-order valence-corrected chi connectivity index (χ2v) is 6.04. The van der Waals surface area contributed by atoms with Gasteiger partial charge in [-0.1, -0.05) is 18.2 Å². The molecule has 1 saturated heterocycles. The van der Waals surface area contributed by atoms with Crippen LogP contribution >= 0.6 is 0 Å². The third kappa shape index (κ3) is 2.49. The Balaban J connectivity index is 1.83. The van der Waals surface area contributed by atoms with Gasteiger partial charge in [0.05, 0.1) is 0 Å². The van der Waals surface area contributed by atoms with Crippen molar-refractivity contribution in [3.8, 4) is 0 Å². The highest BCUT2D eigenvalue weighted by Gasteiger charge is 2.33. The van der Waals surface area contributed by atoms with Gasteiger partial charge in [0.15, 0.2) is 0 Å². The first-order chi connectivity index (χ1) is 9.29. The molecule has 0 aliphatic carbocycles. The van der Waals surface area contributed by atoms with Crippen molar-refractivity contribution in [2.45, 2.75) is 31.2 Å². The third-order valence-electron chi connectivity index (χ3n) is 4.66. The van der Waals surface area contributed by atoms with Crippen LogP contribution in [0.4, 0.5) is 5.69 Å². The molecule has 2 aliphatic heterocycles. The molecule has 1 aromatic carbocycles. The number of rotatable bonds is 3. The molecule has 2 heterocycles. The Hall–Kier alpha value is -1.06. The summed E-state index contributed by atoms with van der Waals surface area (Å²) in [6.45, 7) is 4.40. The minimum Gasteiger partial charge on any atom is -0.366 e. The van der Waals surface area contributed by atoms with E-state index < -0.39 is 0 Å². The molecule has 2 atom stereocenters. The minimum atomic E-state index is 0.633. The lowest BCUT2D eigenvalue weighted by Gasteiger charge is -2.37. The van der Waals surface area contributed by atoms with Gasteiger partial charge in [-0.2, -0.15) is 0 Å². The van der Waals surface area contributed by atoms with Gasteiger partial charge in [-0.15, -0.1) is 0 Å². The number of fused-ring (bicyclic) bond motifs is 1. The third-order valence-corrected chi connectivity index (χ3v) is 4.66. The van der Waals surface area contributed by atoms with Gasteiger partial charge in [0.25, 0.3) is 0 Å². The van der Waals surface area contributed by atoms with Crippen molar-refractivity contribution >= 4 is 5.69 Å². The number of nitrogens with two attached hydrogens (primary N) is 1. The van der Waals surface area contributed by atoms with E-state index in [1.807, 2.05) is 0 Å². The van der Waals surface area contributed by atoms with Gasteiger partial charge in [0.2, 0.25) is 0 Å². The molecule has 2 unspecified atom stereocenters. The average Bonchev–Trinajstić information content (AvgIpc) is 2.79. The first-order valence-electron chi connectivity index (χ1n) is 7.53. The predicted molar refractivity (Wildman–Crippen MR) is 80.7 cm³/mol. The SMILES string of the molecule is CN1CCCC(N2CC(CCN)c3ccccc32)C1. The fraction of sp³-hybridized carbons (Fsp3) is 0.625. The van der Waals surface area contributed by atoms with Crippen molar-refractivity contribution in [2.75, 3.05) is 38.1 Å². The molecule has 0 spiro atoms. The summed E-state index contributed by atoms with van der Waals surface area (Å²) in [5, 5.41) is 0. The molecule has 2 aliphatic rings. The summed E-state index contributed by atoms with van der Waals surface area (Å²) < 4.78 is 0. The van der Waals surface area contributed by atoms with Gasteiger partial charge < -0.3 is 15.5 Å². The van der Waals surface area contributed by atoms with E-state index in [1.165, 1.54) is 37.2 Å². The van der Waals surface area contributed by atoms with Crippen molar-refractivity contribution in [1.29, 1.82) is 0 Å². The number of hydrogen-bond donors (Lipinski definition) is 1. The van der Waals surface area contributed by atoms with Crippen molar-refractivity contribution in [3.63, 3.8) is 0 Å². The summed E-state index contributed by atoms with van der Waals surface area (Å²) in [6, 6.07) is 9.60. The topological polar surface area (TPSA) is 32.5 Å². The van der Waals surface area contributed by atoms with Crippen LogP contribution in [0.2, 0.25) is 0 Å². The number of hydrogen-bond acceptors (Lipinski definition) is 3. The van der Waals surface area contributed by atoms with E-state index in [9.17, 15) is 0 Å². The monoisotopic (exact) mass is 259 g/mol. The summed E-state index contributed by atoms with van der Waals surface area (Å²) in [5.41, 5.74) is 8.76. The lowest BCUT2D eigenvalue weighted by atomic mass is 9.98. The molecule has 0 radical (unpaired) electrons. The largest absolute Gasteiger partial charge is 0.366 e. The maximum Gasteiger partial charge on any atom is 0.0417 e. The molecule has 3 nitrogen and oxygen atoms in total. The van der Waals surface area contributed by atoms with Crippen LogP contribution in [-0.4, -0.2) is 44.2 Å². The summed E-state index contributed by atoms with van der Waals surface area (Å²) in [6.07, 6.45) is 3.76. The summed E-state index contributed by atoms with van der Waals surface area (Å²) in [5.74, 6) is 0.633. The molecule has 0 bridgehead atoms. The van der Waals surface area contributed by atoms with Crippen LogP contribution in [0, 0.1) is 0 Å². The van der Waals surface area contributed by atoms with Gasteiger partial charge in [-0.3, -0.25) is 0 Å². The van der Waals surface area contributed by atoms with Crippen molar-refractivity contribution in [2.24, 2.45) is 5.73 Å². The van der Waals surface area contributed by atoms with Gasteiger partial charge in [0, 0.05) is 30.7 Å². The number of para-hydroxylation sites is 1. The Morgan fingerprint density at radius 1 is 1.26 bits per heavy atom. The molecular weight excluding hydrogens is 234 g/mol. The highest BCUT2D eigenvalue weighted by Crippen LogP contribution is 2.39. The molecule has 0 aromatic heterocycles. The van der Waals surface area contributed by atoms with E-state index >= 15 is 0 Å². The van der Waals surface area contributed by atoms with Crippen LogP contribution in [0.1, 0.15) is 30.7 Å². The second-order valence-electron chi connectivity index (χ2n) is 6.04. The molecule has 2 N–H and O–H groups in total. The molecule has 1 aromatic rings. The Morgan fingerprint density at radius 2 is 2.11 bits per heavy atom. The van der Waals surface area contributed by atoms with E-state index in [2.05, 4.69) is 41.1 Å². The molecule has 0 amide bonds. The van der Waals surface area contributed by atoms with Crippen LogP contribution in [0.5, 0.6) is 0 Å². The Morgan fingerprint density at radius 3 is 2.89 bits per heavy atom. The lowest BCUT2D eigenvalue weighted by molar-refractivity contribution is 0.244. The highest BCUT2D eigenvalue weighted by molar-refractivity contribution is 5.61. The quantitative estimate of drug-likeness (QED) is 0.901. The normalized spacial score (nSPS) is 27.6. The zero-order valence-corrected chi connectivity index (χ0v) is 11.9. The van der Waals surface area contributed by atoms with E-state index in [4.69, 9.17) is 5.73 Å². The fourth-order valence-corrected chi connectivity index (χ4v) is 3.72. The predicted octanol–water partition coefficient (Wildman–Crippen LogP) is 2.03. The number of anilines is 1. The van der Waals surface area contributed by atoms with E-state index in [0.717, 1.165) is 19.5 Å². The van der Waals surface area contributed by atoms with Crippen molar-refractivity contribution in [3.05, 3.63) is 29.8 Å². The van der Waals surface area contributed by atoms with Gasteiger partial charge in [0.1, 0.15) is 0 Å². The molecule has 104 valence electrons. The number of piperidine rings is 1. The smallest absolute Gasteiger partial charge is 0.0417 e. The summed E-state index contributed by atoms with van der Waals surface area (Å²) >= 11 is 0. The lowest BCUT2D eigenvalue weighted by Crippen LogP contribution is -2.46. The molecule has 3 heteroatoms. The van der Waals surface area contributed by atoms with Gasteiger partial charge >= 0.3 is 0 Å². The maximum absolute atomic E-state index is 5.78. The second kappa shape index (κ2) is 5.51. The van der Waals surface area contributed by atoms with Crippen LogP contribution in [0.15, 0.2) is 24.3 Å². The summed E-state index contributed by atoms with van der Waals surface area (Å²) in [4.78, 5) is 5.11. The first kappa shape index (κ1) is 12.9. The number of likely N-dealkylation sites (tertiary alicyclic amines) is 1. The summed E-state index contributed by atoms with van der Waals surface area (Å²) in [7, 11) is 2.24. The molecule has 0 saturated carbocycles. The zero-order chi connectivity index (χ0) is 13.2. The van der Waals surface area contributed by atoms with E-state index in [0.29, 0.717) is 12.0 Å². The maximum atomic E-state index is 5.78. The van der Waals surface area contributed by atoms with Gasteiger partial charge in [-0.05, 0) is 51.0 Å². The highest BCUT2D eigenvalue weighted by atomic mass is 15.2. The number of likely N-dealkylation sites (N-methyl/N-ethyl adjacent to an activating group) is 1. The molecule has 19 heavy (non-hydrogen) atoms. The molecule has 1 fully saturated rings. The molecular formula is C16H25N3. The minimum absolute atomic E-state index is 0.633. The van der Waals surface area contributed by atoms with Crippen LogP contribution in [0.3, 0.4) is 0 Å². The van der Waals surface area contributed by atoms with E-state index in [1.54, 1.807) is 0 Å². The number of benzene rings is 1. The van der Waals surface area contributed by atoms with Crippen molar-refractivity contribution in [1.82, 2.24) is 4.90 Å². The zero-order valence-electron chi connectivity index (χ0n) is 11.9. The van der Waals surface area contributed by atoms with E-state index in [-0.39, 0.29) is 0 Å². The van der Waals surface area contributed by atoms with Crippen LogP contribution in [0.25, 0.3) is 0 Å². The fourth-order valence-electron chi connectivity index (χ4n) is 3.72. The average molecular weight is 259 g/mol. The Labute approximate surface area is 116 Å². The van der Waals surface area contributed by atoms with Crippen molar-refractivity contribution < 1.29 is 0 Å². The van der Waals surface area contributed by atoms with Crippen LogP contribution in [-0.2, 0) is 0 Å². The van der Waals surface area contributed by atoms with Gasteiger partial charge in [-0.25, -0.2) is 0 Å². The molecule has 3 rings (SSSR count). The first-order valence-corrected chi connectivity index (χ1v) is 7.53. The Kier molecular flexibility index (Phi) is 3.76. The Bertz CT molecular complexity index is 432. The number of nitrogens with zero attached hydrogens (tertiary/aromatic N) is 2.